The number of phenols is 1. The van der Waals surface area contributed by atoms with Crippen LogP contribution in [-0.4, -0.2) is 77.4 Å². The fourth-order valence-electron chi connectivity index (χ4n) is 2.80. The molecule has 0 aromatic heterocycles. The molecule has 2 amide bonds. The van der Waals surface area contributed by atoms with E-state index in [0.29, 0.717) is 38.3 Å². The van der Waals surface area contributed by atoms with E-state index in [1.165, 1.54) is 6.07 Å². The molecule has 0 radical (unpaired) electrons. The summed E-state index contributed by atoms with van der Waals surface area (Å²) in [5.41, 5.74) is 0.333. The van der Waals surface area contributed by atoms with Crippen LogP contribution in [0.4, 0.5) is 0 Å². The van der Waals surface area contributed by atoms with Crippen LogP contribution in [0.3, 0.4) is 0 Å². The summed E-state index contributed by atoms with van der Waals surface area (Å²) in [6.45, 7) is 8.28. The van der Waals surface area contributed by atoms with Crippen LogP contribution in [0.1, 0.15) is 24.2 Å². The normalized spacial score (nSPS) is 15.5. The van der Waals surface area contributed by atoms with Crippen molar-refractivity contribution in [2.24, 2.45) is 0 Å². The molecule has 0 atom stereocenters. The van der Waals surface area contributed by atoms with Crippen molar-refractivity contribution < 1.29 is 14.7 Å². The van der Waals surface area contributed by atoms with Crippen LogP contribution >= 0.6 is 0 Å². The molecule has 23 heavy (non-hydrogen) atoms. The predicted molar refractivity (Wildman–Crippen MR) is 88.4 cm³/mol. The van der Waals surface area contributed by atoms with Crippen LogP contribution in [0.2, 0.25) is 0 Å². The van der Waals surface area contributed by atoms with Crippen LogP contribution in [-0.2, 0) is 4.79 Å². The number of amides is 2. The molecule has 1 saturated heterocycles. The summed E-state index contributed by atoms with van der Waals surface area (Å²) in [4.78, 5) is 30.2. The van der Waals surface area contributed by atoms with Crippen molar-refractivity contribution >= 4 is 11.8 Å². The van der Waals surface area contributed by atoms with Gasteiger partial charge in [-0.15, -0.1) is 0 Å². The summed E-state index contributed by atoms with van der Waals surface area (Å²) < 4.78 is 0. The molecule has 1 aromatic carbocycles. The minimum absolute atomic E-state index is 0.0108. The van der Waals surface area contributed by atoms with Crippen molar-refractivity contribution in [2.75, 3.05) is 45.8 Å². The maximum Gasteiger partial charge on any atom is 0.257 e. The number of rotatable bonds is 5. The van der Waals surface area contributed by atoms with Gasteiger partial charge >= 0.3 is 0 Å². The Morgan fingerprint density at radius 2 is 1.70 bits per heavy atom. The molecule has 0 aliphatic carbocycles. The Morgan fingerprint density at radius 1 is 1.09 bits per heavy atom. The maximum atomic E-state index is 12.4. The summed E-state index contributed by atoms with van der Waals surface area (Å²) in [7, 11) is 0. The Morgan fingerprint density at radius 3 is 2.26 bits per heavy atom. The summed E-state index contributed by atoms with van der Waals surface area (Å²) in [6, 6.07) is 6.59. The second-order valence-corrected chi connectivity index (χ2v) is 5.65. The molecule has 1 aliphatic heterocycles. The van der Waals surface area contributed by atoms with E-state index in [4.69, 9.17) is 0 Å². The Hall–Kier alpha value is -2.08. The summed E-state index contributed by atoms with van der Waals surface area (Å²) >= 11 is 0. The largest absolute Gasteiger partial charge is 0.507 e. The number of phenolic OH excluding ortho intramolecular Hbond substituents is 1. The second-order valence-electron chi connectivity index (χ2n) is 5.65. The van der Waals surface area contributed by atoms with Crippen molar-refractivity contribution in [1.29, 1.82) is 0 Å². The second kappa shape index (κ2) is 7.97. The van der Waals surface area contributed by atoms with Crippen LogP contribution in [0.25, 0.3) is 0 Å². The third-order valence-electron chi connectivity index (χ3n) is 4.27. The highest BCUT2D eigenvalue weighted by atomic mass is 16.3. The first-order chi connectivity index (χ1) is 11.1. The molecule has 0 unspecified atom stereocenters. The first-order valence-electron chi connectivity index (χ1n) is 8.14. The SMILES string of the molecule is CCN(CC)C(=O)CN1CCN(C(=O)c2ccccc2O)CC1. The zero-order valence-corrected chi connectivity index (χ0v) is 13.9. The molecule has 0 saturated carbocycles. The van der Waals surface area contributed by atoms with Crippen LogP contribution < -0.4 is 0 Å². The van der Waals surface area contributed by atoms with Gasteiger partial charge in [-0.1, -0.05) is 12.1 Å². The van der Waals surface area contributed by atoms with Gasteiger partial charge in [0.05, 0.1) is 12.1 Å². The van der Waals surface area contributed by atoms with Crippen LogP contribution in [0.5, 0.6) is 5.75 Å². The number of para-hydroxylation sites is 1. The zero-order valence-electron chi connectivity index (χ0n) is 13.9. The lowest BCUT2D eigenvalue weighted by molar-refractivity contribution is -0.132. The van der Waals surface area contributed by atoms with E-state index >= 15 is 0 Å². The van der Waals surface area contributed by atoms with Crippen molar-refractivity contribution in [2.45, 2.75) is 13.8 Å². The van der Waals surface area contributed by atoms with Crippen LogP contribution in [0, 0.1) is 0 Å². The lowest BCUT2D eigenvalue weighted by atomic mass is 10.1. The number of hydrogen-bond donors (Lipinski definition) is 1. The Labute approximate surface area is 137 Å². The van der Waals surface area contributed by atoms with Crippen molar-refractivity contribution in [3.8, 4) is 5.75 Å². The van der Waals surface area contributed by atoms with E-state index in [-0.39, 0.29) is 17.6 Å². The molecular formula is C17H25N3O3. The third kappa shape index (κ3) is 4.22. The average Bonchev–Trinajstić information content (AvgIpc) is 2.56. The molecule has 1 N–H and O–H groups in total. The number of aromatic hydroxyl groups is 1. The quantitative estimate of drug-likeness (QED) is 0.880. The first-order valence-corrected chi connectivity index (χ1v) is 8.14. The molecule has 1 fully saturated rings. The zero-order chi connectivity index (χ0) is 16.8. The molecule has 0 spiro atoms. The number of likely N-dealkylation sites (N-methyl/N-ethyl adjacent to an activating group) is 1. The molecule has 0 bridgehead atoms. The van der Waals surface area contributed by atoms with Gasteiger partial charge in [-0.3, -0.25) is 14.5 Å². The lowest BCUT2D eigenvalue weighted by Crippen LogP contribution is -2.51. The van der Waals surface area contributed by atoms with E-state index in [1.54, 1.807) is 23.1 Å². The smallest absolute Gasteiger partial charge is 0.257 e. The van der Waals surface area contributed by atoms with Gasteiger partial charge < -0.3 is 14.9 Å². The molecule has 2 rings (SSSR count). The van der Waals surface area contributed by atoms with Gasteiger partial charge in [0.15, 0.2) is 0 Å². The Balaban J connectivity index is 1.88. The summed E-state index contributed by atoms with van der Waals surface area (Å²) in [5.74, 6) is -0.00931. The van der Waals surface area contributed by atoms with Crippen LogP contribution in [0.15, 0.2) is 24.3 Å². The van der Waals surface area contributed by atoms with Gasteiger partial charge in [0, 0.05) is 39.3 Å². The fraction of sp³-hybridized carbons (Fsp3) is 0.529. The number of carbonyl (C=O) groups is 2. The minimum Gasteiger partial charge on any atom is -0.507 e. The van der Waals surface area contributed by atoms with E-state index in [0.717, 1.165) is 13.1 Å². The first kappa shape index (κ1) is 17.3. The summed E-state index contributed by atoms with van der Waals surface area (Å²) in [5, 5.41) is 9.79. The molecule has 1 aromatic rings. The lowest BCUT2D eigenvalue weighted by Gasteiger charge is -2.35. The van der Waals surface area contributed by atoms with Gasteiger partial charge in [-0.05, 0) is 26.0 Å². The number of hydrogen-bond acceptors (Lipinski definition) is 4. The monoisotopic (exact) mass is 319 g/mol. The highest BCUT2D eigenvalue weighted by molar-refractivity contribution is 5.96. The van der Waals surface area contributed by atoms with Gasteiger partial charge in [0.25, 0.3) is 5.91 Å². The van der Waals surface area contributed by atoms with Crippen molar-refractivity contribution in [1.82, 2.24) is 14.7 Å². The summed E-state index contributed by atoms with van der Waals surface area (Å²) in [6.07, 6.45) is 0. The number of nitrogens with zero attached hydrogens (tertiary/aromatic N) is 3. The highest BCUT2D eigenvalue weighted by Crippen LogP contribution is 2.18. The number of carbonyl (C=O) groups excluding carboxylic acids is 2. The van der Waals surface area contributed by atoms with Gasteiger partial charge in [-0.2, -0.15) is 0 Å². The van der Waals surface area contributed by atoms with E-state index in [2.05, 4.69) is 4.90 Å². The molecule has 6 nitrogen and oxygen atoms in total. The standard InChI is InChI=1S/C17H25N3O3/c1-3-19(4-2)16(22)13-18-9-11-20(12-10-18)17(23)14-7-5-6-8-15(14)21/h5-8,21H,3-4,9-13H2,1-2H3. The van der Waals surface area contributed by atoms with Crippen molar-refractivity contribution in [3.05, 3.63) is 29.8 Å². The molecule has 1 aliphatic rings. The Bertz CT molecular complexity index is 550. The van der Waals surface area contributed by atoms with Crippen molar-refractivity contribution in [3.63, 3.8) is 0 Å². The fourth-order valence-corrected chi connectivity index (χ4v) is 2.80. The topological polar surface area (TPSA) is 64.1 Å². The molecule has 6 heteroatoms. The van der Waals surface area contributed by atoms with Gasteiger partial charge in [0.2, 0.25) is 5.91 Å². The maximum absolute atomic E-state index is 12.4. The molecular weight excluding hydrogens is 294 g/mol. The minimum atomic E-state index is -0.155. The molecule has 126 valence electrons. The Kier molecular flexibility index (Phi) is 5.98. The van der Waals surface area contributed by atoms with E-state index in [1.807, 2.05) is 18.7 Å². The average molecular weight is 319 g/mol. The third-order valence-corrected chi connectivity index (χ3v) is 4.27. The highest BCUT2D eigenvalue weighted by Gasteiger charge is 2.25. The number of benzene rings is 1. The van der Waals surface area contributed by atoms with Gasteiger partial charge in [0.1, 0.15) is 5.75 Å². The van der Waals surface area contributed by atoms with E-state index < -0.39 is 0 Å². The predicted octanol–water partition coefficient (Wildman–Crippen LogP) is 1.02. The molecule has 1 heterocycles. The number of piperazine rings is 1. The van der Waals surface area contributed by atoms with Gasteiger partial charge in [-0.25, -0.2) is 0 Å². The van der Waals surface area contributed by atoms with E-state index in [9.17, 15) is 14.7 Å².